The Labute approximate surface area is 155 Å². The summed E-state index contributed by atoms with van der Waals surface area (Å²) in [6.45, 7) is 4.97. The zero-order valence-electron chi connectivity index (χ0n) is 13.8. The number of hydrogen-bond acceptors (Lipinski definition) is 4. The summed E-state index contributed by atoms with van der Waals surface area (Å²) in [5.41, 5.74) is 1.03. The third-order valence-corrected chi connectivity index (χ3v) is 4.28. The molecule has 0 unspecified atom stereocenters. The normalized spacial score (nSPS) is 10.4. The van der Waals surface area contributed by atoms with E-state index < -0.39 is 4.92 Å². The van der Waals surface area contributed by atoms with Crippen LogP contribution >= 0.6 is 23.2 Å². The number of benzene rings is 2. The first-order valence-corrected chi connectivity index (χ1v) is 8.42. The molecule has 0 aliphatic rings. The summed E-state index contributed by atoms with van der Waals surface area (Å²) in [6, 6.07) is 9.17. The molecule has 1 N–H and O–H groups in total. The van der Waals surface area contributed by atoms with E-state index in [1.54, 1.807) is 24.3 Å². The van der Waals surface area contributed by atoms with Crippen LogP contribution in [0.2, 0.25) is 10.0 Å². The van der Waals surface area contributed by atoms with Crippen molar-refractivity contribution in [1.82, 2.24) is 0 Å². The molecule has 1 amide bonds. The maximum atomic E-state index is 12.4. The van der Waals surface area contributed by atoms with Gasteiger partial charge in [0.1, 0.15) is 5.69 Å². The molecular formula is C17H17Cl2N3O3. The fourth-order valence-corrected chi connectivity index (χ4v) is 2.74. The van der Waals surface area contributed by atoms with Gasteiger partial charge in [-0.3, -0.25) is 14.9 Å². The predicted octanol–water partition coefficient (Wildman–Crippen LogP) is 5.00. The van der Waals surface area contributed by atoms with Crippen molar-refractivity contribution in [2.24, 2.45) is 0 Å². The van der Waals surface area contributed by atoms with Crippen molar-refractivity contribution < 1.29 is 9.72 Å². The predicted molar refractivity (Wildman–Crippen MR) is 101 cm³/mol. The third kappa shape index (κ3) is 4.41. The van der Waals surface area contributed by atoms with Gasteiger partial charge in [-0.05, 0) is 44.2 Å². The summed E-state index contributed by atoms with van der Waals surface area (Å²) in [4.78, 5) is 25.0. The van der Waals surface area contributed by atoms with E-state index in [4.69, 9.17) is 23.2 Å². The topological polar surface area (TPSA) is 75.5 Å². The highest BCUT2D eigenvalue weighted by Crippen LogP contribution is 2.36. The number of nitro groups is 1. The molecular weight excluding hydrogens is 365 g/mol. The Hall–Kier alpha value is -2.31. The number of nitrogens with one attached hydrogen (secondary N) is 1. The van der Waals surface area contributed by atoms with Gasteiger partial charge >= 0.3 is 0 Å². The Bertz CT molecular complexity index is 790. The summed E-state index contributed by atoms with van der Waals surface area (Å²) in [6.07, 6.45) is 0. The van der Waals surface area contributed by atoms with E-state index in [0.717, 1.165) is 0 Å². The third-order valence-electron chi connectivity index (χ3n) is 3.72. The van der Waals surface area contributed by atoms with Gasteiger partial charge in [0.25, 0.3) is 11.6 Å². The molecule has 0 radical (unpaired) electrons. The van der Waals surface area contributed by atoms with Crippen molar-refractivity contribution in [3.63, 3.8) is 0 Å². The van der Waals surface area contributed by atoms with Crippen LogP contribution in [0, 0.1) is 10.1 Å². The number of anilines is 2. The Morgan fingerprint density at radius 1 is 1.16 bits per heavy atom. The zero-order chi connectivity index (χ0) is 18.6. The van der Waals surface area contributed by atoms with Crippen LogP contribution in [0.15, 0.2) is 36.4 Å². The molecule has 2 aromatic rings. The van der Waals surface area contributed by atoms with Crippen molar-refractivity contribution >= 4 is 46.2 Å². The van der Waals surface area contributed by atoms with Gasteiger partial charge in [-0.15, -0.1) is 0 Å². The van der Waals surface area contributed by atoms with Crippen molar-refractivity contribution in [3.05, 3.63) is 62.1 Å². The minimum Gasteiger partial charge on any atom is -0.366 e. The average molecular weight is 382 g/mol. The van der Waals surface area contributed by atoms with Crippen LogP contribution in [0.3, 0.4) is 0 Å². The first-order chi connectivity index (χ1) is 11.9. The van der Waals surface area contributed by atoms with E-state index in [1.165, 1.54) is 12.1 Å². The monoisotopic (exact) mass is 381 g/mol. The van der Waals surface area contributed by atoms with Crippen molar-refractivity contribution in [3.8, 4) is 0 Å². The number of halogens is 2. The number of hydrogen-bond donors (Lipinski definition) is 1. The zero-order valence-corrected chi connectivity index (χ0v) is 15.3. The molecule has 0 aromatic heterocycles. The molecule has 0 aliphatic carbocycles. The van der Waals surface area contributed by atoms with Crippen LogP contribution in [-0.2, 0) is 0 Å². The van der Waals surface area contributed by atoms with E-state index in [2.05, 4.69) is 5.32 Å². The molecule has 25 heavy (non-hydrogen) atoms. The van der Waals surface area contributed by atoms with Crippen LogP contribution in [0.5, 0.6) is 0 Å². The van der Waals surface area contributed by atoms with Gasteiger partial charge in [0.2, 0.25) is 0 Å². The highest BCUT2D eigenvalue weighted by Gasteiger charge is 2.22. The van der Waals surface area contributed by atoms with Gasteiger partial charge in [-0.25, -0.2) is 0 Å². The lowest BCUT2D eigenvalue weighted by atomic mass is 10.2. The fourth-order valence-electron chi connectivity index (χ4n) is 2.41. The molecule has 0 aliphatic heterocycles. The van der Waals surface area contributed by atoms with Gasteiger partial charge < -0.3 is 10.2 Å². The molecule has 132 valence electrons. The SMILES string of the molecule is CCN(CC)c1cc(NC(=O)c2ccc(Cl)cc2)c(Cl)cc1[N+](=O)[O-]. The molecule has 0 atom stereocenters. The second-order valence-electron chi connectivity index (χ2n) is 5.21. The minimum atomic E-state index is -0.482. The maximum absolute atomic E-state index is 12.4. The Morgan fingerprint density at radius 2 is 1.76 bits per heavy atom. The highest BCUT2D eigenvalue weighted by atomic mass is 35.5. The second kappa shape index (κ2) is 8.18. The van der Waals surface area contributed by atoms with E-state index in [-0.39, 0.29) is 16.6 Å². The maximum Gasteiger partial charge on any atom is 0.294 e. The lowest BCUT2D eigenvalue weighted by Gasteiger charge is -2.22. The number of rotatable bonds is 6. The molecule has 2 rings (SSSR count). The molecule has 0 heterocycles. The summed E-state index contributed by atoms with van der Waals surface area (Å²) in [5, 5.41) is 14.6. The minimum absolute atomic E-state index is 0.0989. The van der Waals surface area contributed by atoms with Crippen molar-refractivity contribution in [2.45, 2.75) is 13.8 Å². The summed E-state index contributed by atoms with van der Waals surface area (Å²) in [7, 11) is 0. The summed E-state index contributed by atoms with van der Waals surface area (Å²) in [5.74, 6) is -0.377. The largest absolute Gasteiger partial charge is 0.366 e. The molecule has 6 nitrogen and oxygen atoms in total. The molecule has 0 fully saturated rings. The van der Waals surface area contributed by atoms with Crippen molar-refractivity contribution in [1.29, 1.82) is 0 Å². The lowest BCUT2D eigenvalue weighted by Crippen LogP contribution is -2.23. The van der Waals surface area contributed by atoms with Gasteiger partial charge in [0.05, 0.1) is 15.6 Å². The smallest absolute Gasteiger partial charge is 0.294 e. The van der Waals surface area contributed by atoms with Crippen LogP contribution in [0.25, 0.3) is 0 Å². The number of nitrogens with zero attached hydrogens (tertiary/aromatic N) is 2. The Kier molecular flexibility index (Phi) is 6.22. The summed E-state index contributed by atoms with van der Waals surface area (Å²) >= 11 is 11.9. The quantitative estimate of drug-likeness (QED) is 0.564. The van der Waals surface area contributed by atoms with E-state index in [1.807, 2.05) is 18.7 Å². The Balaban J connectivity index is 2.40. The molecule has 8 heteroatoms. The Morgan fingerprint density at radius 3 is 2.28 bits per heavy atom. The number of amides is 1. The lowest BCUT2D eigenvalue weighted by molar-refractivity contribution is -0.384. The number of carbonyl (C=O) groups is 1. The highest BCUT2D eigenvalue weighted by molar-refractivity contribution is 6.34. The molecule has 2 aromatic carbocycles. The standard InChI is InChI=1S/C17H17Cl2N3O3/c1-3-21(4-2)15-10-14(13(19)9-16(15)22(24)25)20-17(23)11-5-7-12(18)8-6-11/h5-10H,3-4H2,1-2H3,(H,20,23). The first-order valence-electron chi connectivity index (χ1n) is 7.67. The first kappa shape index (κ1) is 19.0. The molecule has 0 spiro atoms. The van der Waals surface area contributed by atoms with E-state index in [9.17, 15) is 14.9 Å². The average Bonchev–Trinajstić information content (AvgIpc) is 2.58. The molecule has 0 saturated heterocycles. The van der Waals surface area contributed by atoms with Crippen LogP contribution in [-0.4, -0.2) is 23.9 Å². The van der Waals surface area contributed by atoms with Crippen LogP contribution in [0.1, 0.15) is 24.2 Å². The van der Waals surface area contributed by atoms with Gasteiger partial charge in [0.15, 0.2) is 0 Å². The number of carbonyl (C=O) groups excluding carboxylic acids is 1. The van der Waals surface area contributed by atoms with E-state index >= 15 is 0 Å². The fraction of sp³-hybridized carbons (Fsp3) is 0.235. The van der Waals surface area contributed by atoms with Crippen LogP contribution < -0.4 is 10.2 Å². The van der Waals surface area contributed by atoms with E-state index in [0.29, 0.717) is 35.1 Å². The van der Waals surface area contributed by atoms with Gasteiger partial charge in [-0.2, -0.15) is 0 Å². The number of nitro benzene ring substituents is 1. The molecule has 0 saturated carbocycles. The van der Waals surface area contributed by atoms with Gasteiger partial charge in [0, 0.05) is 29.7 Å². The van der Waals surface area contributed by atoms with Crippen LogP contribution in [0.4, 0.5) is 17.1 Å². The van der Waals surface area contributed by atoms with Gasteiger partial charge in [-0.1, -0.05) is 23.2 Å². The second-order valence-corrected chi connectivity index (χ2v) is 6.05. The molecule has 0 bridgehead atoms. The summed E-state index contributed by atoms with van der Waals surface area (Å²) < 4.78 is 0. The van der Waals surface area contributed by atoms with Crippen molar-refractivity contribution in [2.75, 3.05) is 23.3 Å².